The fourth-order valence-corrected chi connectivity index (χ4v) is 3.10. The summed E-state index contributed by atoms with van der Waals surface area (Å²) >= 11 is 0. The normalized spacial score (nSPS) is 16.1. The van der Waals surface area contributed by atoms with Crippen LogP contribution in [0.25, 0.3) is 0 Å². The number of alkyl halides is 3. The number of hydrogen-bond donors (Lipinski definition) is 2. The van der Waals surface area contributed by atoms with Crippen LogP contribution in [0.1, 0.15) is 54.4 Å². The molecule has 2 N–H and O–H groups in total. The molecule has 1 heterocycles. The number of aliphatic hydroxyl groups is 1. The van der Waals surface area contributed by atoms with E-state index in [0.717, 1.165) is 43.5 Å². The van der Waals surface area contributed by atoms with Crippen molar-refractivity contribution in [2.24, 2.45) is 0 Å². The van der Waals surface area contributed by atoms with Crippen LogP contribution in [0.3, 0.4) is 0 Å². The lowest BCUT2D eigenvalue weighted by Gasteiger charge is -2.31. The van der Waals surface area contributed by atoms with Crippen molar-refractivity contribution in [1.82, 2.24) is 10.2 Å². The van der Waals surface area contributed by atoms with Crippen molar-refractivity contribution in [3.63, 3.8) is 0 Å². The number of halogens is 3. The molecule has 5 nitrogen and oxygen atoms in total. The van der Waals surface area contributed by atoms with Crippen molar-refractivity contribution in [1.29, 1.82) is 0 Å². The molecule has 0 saturated carbocycles. The van der Waals surface area contributed by atoms with Crippen LogP contribution >= 0.6 is 0 Å². The highest BCUT2D eigenvalue weighted by molar-refractivity contribution is 5.97. The number of nitrogens with one attached hydrogen (secondary N) is 1. The summed E-state index contributed by atoms with van der Waals surface area (Å²) in [5.74, 6) is -0.754. The van der Waals surface area contributed by atoms with Crippen LogP contribution in [0.4, 0.5) is 13.2 Å². The lowest BCUT2D eigenvalue weighted by molar-refractivity contribution is -0.137. The number of amides is 2. The van der Waals surface area contributed by atoms with Crippen molar-refractivity contribution < 1.29 is 27.9 Å². The van der Waals surface area contributed by atoms with E-state index in [1.54, 1.807) is 4.90 Å². The van der Waals surface area contributed by atoms with Crippen molar-refractivity contribution >= 4 is 11.8 Å². The minimum Gasteiger partial charge on any atom is -0.396 e. The van der Waals surface area contributed by atoms with E-state index in [9.17, 15) is 22.8 Å². The van der Waals surface area contributed by atoms with E-state index in [1.165, 1.54) is 0 Å². The van der Waals surface area contributed by atoms with Gasteiger partial charge >= 0.3 is 6.18 Å². The maximum absolute atomic E-state index is 12.7. The molecule has 1 aromatic carbocycles. The summed E-state index contributed by atoms with van der Waals surface area (Å²) in [6, 6.07) is 3.16. The SMILES string of the molecule is O=C(N[C@@H](CCCCO)C(=O)N1CCCCC1)c1ccc(C(F)(F)F)cc1. The quantitative estimate of drug-likeness (QED) is 0.708. The molecule has 0 bridgehead atoms. The second-order valence-corrected chi connectivity index (χ2v) is 6.71. The molecule has 2 amide bonds. The molecule has 0 aliphatic carbocycles. The Balaban J connectivity index is 2.06. The van der Waals surface area contributed by atoms with Crippen LogP contribution < -0.4 is 5.32 Å². The van der Waals surface area contributed by atoms with Crippen LogP contribution in [-0.4, -0.2) is 47.6 Å². The smallest absolute Gasteiger partial charge is 0.396 e. The first-order chi connectivity index (χ1) is 12.8. The van der Waals surface area contributed by atoms with Crippen LogP contribution in [-0.2, 0) is 11.0 Å². The summed E-state index contributed by atoms with van der Waals surface area (Å²) in [5, 5.41) is 11.6. The van der Waals surface area contributed by atoms with E-state index in [4.69, 9.17) is 5.11 Å². The molecule has 1 fully saturated rings. The maximum Gasteiger partial charge on any atom is 0.416 e. The summed E-state index contributed by atoms with van der Waals surface area (Å²) in [7, 11) is 0. The van der Waals surface area contributed by atoms with Gasteiger partial charge in [-0.1, -0.05) is 0 Å². The minimum absolute atomic E-state index is 0.00250. The van der Waals surface area contributed by atoms with Gasteiger partial charge < -0.3 is 15.3 Å². The van der Waals surface area contributed by atoms with Gasteiger partial charge in [-0.15, -0.1) is 0 Å². The summed E-state index contributed by atoms with van der Waals surface area (Å²) in [4.78, 5) is 26.9. The third-order valence-corrected chi connectivity index (χ3v) is 4.65. The first-order valence-electron chi connectivity index (χ1n) is 9.20. The number of carbonyl (C=O) groups excluding carboxylic acids is 2. The number of benzene rings is 1. The van der Waals surface area contributed by atoms with Crippen LogP contribution in [0.2, 0.25) is 0 Å². The predicted octanol–water partition coefficient (Wildman–Crippen LogP) is 2.98. The van der Waals surface area contributed by atoms with Gasteiger partial charge in [0.15, 0.2) is 0 Å². The second-order valence-electron chi connectivity index (χ2n) is 6.71. The molecular formula is C19H25F3N2O3. The summed E-state index contributed by atoms with van der Waals surface area (Å²) < 4.78 is 37.9. The largest absolute Gasteiger partial charge is 0.416 e. The molecule has 1 aliphatic heterocycles. The number of likely N-dealkylation sites (tertiary alicyclic amines) is 1. The number of hydrogen-bond acceptors (Lipinski definition) is 3. The van der Waals surface area contributed by atoms with E-state index in [2.05, 4.69) is 5.32 Å². The number of aliphatic hydroxyl groups excluding tert-OH is 1. The van der Waals surface area contributed by atoms with E-state index in [-0.39, 0.29) is 18.1 Å². The van der Waals surface area contributed by atoms with Gasteiger partial charge in [0, 0.05) is 25.3 Å². The summed E-state index contributed by atoms with van der Waals surface area (Å²) in [5.41, 5.74) is -0.760. The van der Waals surface area contributed by atoms with E-state index in [1.807, 2.05) is 0 Å². The Morgan fingerprint density at radius 2 is 1.70 bits per heavy atom. The Hall–Kier alpha value is -2.09. The molecule has 8 heteroatoms. The lowest BCUT2D eigenvalue weighted by atomic mass is 10.0. The molecule has 0 spiro atoms. The molecule has 0 radical (unpaired) electrons. The Kier molecular flexibility index (Phi) is 7.65. The van der Waals surface area contributed by atoms with Crippen LogP contribution in [0.15, 0.2) is 24.3 Å². The molecule has 2 rings (SSSR count). The number of rotatable bonds is 7. The highest BCUT2D eigenvalue weighted by Gasteiger charge is 2.31. The molecule has 1 saturated heterocycles. The van der Waals surface area contributed by atoms with Gasteiger partial charge in [0.25, 0.3) is 5.91 Å². The van der Waals surface area contributed by atoms with E-state index < -0.39 is 23.7 Å². The summed E-state index contributed by atoms with van der Waals surface area (Å²) in [6.45, 7) is 1.29. The number of carbonyl (C=O) groups is 2. The number of unbranched alkanes of at least 4 members (excludes halogenated alkanes) is 1. The molecule has 0 aromatic heterocycles. The topological polar surface area (TPSA) is 69.6 Å². The van der Waals surface area contributed by atoms with Crippen LogP contribution in [0, 0.1) is 0 Å². The minimum atomic E-state index is -4.47. The zero-order chi connectivity index (χ0) is 19.9. The Bertz CT molecular complexity index is 626. The third-order valence-electron chi connectivity index (χ3n) is 4.65. The van der Waals surface area contributed by atoms with Gasteiger partial charge in [0.05, 0.1) is 5.56 Å². The molecular weight excluding hydrogens is 361 g/mol. The second kappa shape index (κ2) is 9.73. The van der Waals surface area contributed by atoms with Gasteiger partial charge in [-0.25, -0.2) is 0 Å². The predicted molar refractivity (Wildman–Crippen MR) is 94.1 cm³/mol. The fraction of sp³-hybridized carbons (Fsp3) is 0.579. The molecule has 1 aliphatic rings. The first-order valence-corrected chi connectivity index (χ1v) is 9.20. The van der Waals surface area contributed by atoms with Crippen molar-refractivity contribution in [2.45, 2.75) is 50.7 Å². The van der Waals surface area contributed by atoms with Gasteiger partial charge in [-0.3, -0.25) is 9.59 Å². The maximum atomic E-state index is 12.7. The van der Waals surface area contributed by atoms with Crippen molar-refractivity contribution in [2.75, 3.05) is 19.7 Å². The van der Waals surface area contributed by atoms with Gasteiger partial charge in [0.1, 0.15) is 6.04 Å². The highest BCUT2D eigenvalue weighted by Crippen LogP contribution is 2.29. The van der Waals surface area contributed by atoms with Crippen molar-refractivity contribution in [3.05, 3.63) is 35.4 Å². The Labute approximate surface area is 156 Å². The number of piperidine rings is 1. The molecule has 27 heavy (non-hydrogen) atoms. The van der Waals surface area contributed by atoms with Gasteiger partial charge in [-0.05, 0) is 62.8 Å². The molecule has 1 atom stereocenters. The average Bonchev–Trinajstić information content (AvgIpc) is 2.67. The van der Waals surface area contributed by atoms with Crippen molar-refractivity contribution in [3.8, 4) is 0 Å². The molecule has 0 unspecified atom stereocenters. The average molecular weight is 386 g/mol. The van der Waals surface area contributed by atoms with E-state index >= 15 is 0 Å². The first kappa shape index (κ1) is 21.2. The van der Waals surface area contributed by atoms with Gasteiger partial charge in [0.2, 0.25) is 5.91 Å². The third kappa shape index (κ3) is 6.23. The highest BCUT2D eigenvalue weighted by atomic mass is 19.4. The zero-order valence-electron chi connectivity index (χ0n) is 15.1. The Morgan fingerprint density at radius 3 is 2.26 bits per heavy atom. The Morgan fingerprint density at radius 1 is 1.07 bits per heavy atom. The summed E-state index contributed by atoms with van der Waals surface area (Å²) in [6.07, 6.45) is -0.108. The molecule has 150 valence electrons. The van der Waals surface area contributed by atoms with E-state index in [0.29, 0.717) is 32.4 Å². The number of nitrogens with zero attached hydrogens (tertiary/aromatic N) is 1. The lowest BCUT2D eigenvalue weighted by Crippen LogP contribution is -2.50. The fourth-order valence-electron chi connectivity index (χ4n) is 3.10. The van der Waals surface area contributed by atoms with Crippen LogP contribution in [0.5, 0.6) is 0 Å². The van der Waals surface area contributed by atoms with Gasteiger partial charge in [-0.2, -0.15) is 13.2 Å². The zero-order valence-corrected chi connectivity index (χ0v) is 15.1. The molecule has 1 aromatic rings. The monoisotopic (exact) mass is 386 g/mol. The standard InChI is InChI=1S/C19H25F3N2O3/c20-19(21,22)15-9-7-14(8-10-15)17(26)23-16(6-2-5-13-25)18(27)24-11-3-1-4-12-24/h7-10,16,25H,1-6,11-13H2,(H,23,26)/t16-/m0/s1.